The summed E-state index contributed by atoms with van der Waals surface area (Å²) in [5.41, 5.74) is -1.92. The highest BCUT2D eigenvalue weighted by atomic mass is 35.5. The Bertz CT molecular complexity index is 1560. The molecule has 14 heteroatoms. The lowest BCUT2D eigenvalue weighted by Gasteiger charge is -2.43. The predicted molar refractivity (Wildman–Crippen MR) is 142 cm³/mol. The summed E-state index contributed by atoms with van der Waals surface area (Å²) < 4.78 is 95.2. The summed E-state index contributed by atoms with van der Waals surface area (Å²) in [5.74, 6) is -6.61. The van der Waals surface area contributed by atoms with Gasteiger partial charge in [0.25, 0.3) is 5.91 Å². The molecule has 0 saturated heterocycles. The second-order valence-electron chi connectivity index (χ2n) is 11.1. The number of sulfone groups is 1. The van der Waals surface area contributed by atoms with Gasteiger partial charge in [-0.25, -0.2) is 34.7 Å². The van der Waals surface area contributed by atoms with E-state index in [2.05, 4.69) is 10.0 Å². The Morgan fingerprint density at radius 2 is 1.68 bits per heavy atom. The van der Waals surface area contributed by atoms with Gasteiger partial charge in [-0.15, -0.1) is 0 Å². The molecule has 218 valence electrons. The smallest absolute Gasteiger partial charge is 0.255 e. The number of anilines is 1. The van der Waals surface area contributed by atoms with Gasteiger partial charge in [-0.2, -0.15) is 0 Å². The molecular formula is C26H28ClF3N2O6S2. The molecule has 0 aromatic heterocycles. The minimum atomic E-state index is -4.12. The van der Waals surface area contributed by atoms with Crippen LogP contribution in [0.25, 0.3) is 0 Å². The third-order valence-electron chi connectivity index (χ3n) is 8.46. The molecular weight excluding hydrogens is 593 g/mol. The lowest BCUT2D eigenvalue weighted by Crippen LogP contribution is -2.55. The predicted octanol–water partition coefficient (Wildman–Crippen LogP) is 4.03. The van der Waals surface area contributed by atoms with E-state index in [9.17, 15) is 39.9 Å². The van der Waals surface area contributed by atoms with Gasteiger partial charge in [0.15, 0.2) is 27.3 Å². The average Bonchev–Trinajstić information content (AvgIpc) is 3.72. The molecule has 3 aliphatic carbocycles. The van der Waals surface area contributed by atoms with E-state index in [0.717, 1.165) is 6.07 Å². The Balaban J connectivity index is 1.36. The molecule has 5 atom stereocenters. The standard InChI is InChI=1S/C26H28ClF3N2O6S2/c1-13-6-15-8-18(11-19(13)26(15,34)12-31-40(37,38)17-3-4-17)39(35,36)23-7-14(2-5-20(23)27)25(33)32-16-9-21(28)24(30)22(29)10-16/h2,5,7,9-10,13,15,17-19,31,34H,3-4,6,8,11-12H2,1H3,(H,32,33)/t13-,15?,18+,19+,26+/m0/s1. The van der Waals surface area contributed by atoms with E-state index in [1.807, 2.05) is 6.92 Å². The zero-order chi connectivity index (χ0) is 29.2. The number of hydrogen-bond acceptors (Lipinski definition) is 6. The molecule has 2 aromatic carbocycles. The van der Waals surface area contributed by atoms with Crippen molar-refractivity contribution in [3.05, 3.63) is 58.4 Å². The molecule has 2 bridgehead atoms. The van der Waals surface area contributed by atoms with Gasteiger partial charge in [-0.3, -0.25) is 4.79 Å². The van der Waals surface area contributed by atoms with Crippen LogP contribution < -0.4 is 10.0 Å². The number of benzene rings is 2. The number of sulfonamides is 1. The van der Waals surface area contributed by atoms with Crippen LogP contribution in [0.5, 0.6) is 0 Å². The maximum absolute atomic E-state index is 13.8. The fraction of sp³-hybridized carbons (Fsp3) is 0.500. The van der Waals surface area contributed by atoms with Crippen molar-refractivity contribution >= 4 is 43.1 Å². The topological polar surface area (TPSA) is 130 Å². The number of halogens is 4. The van der Waals surface area contributed by atoms with Gasteiger partial charge < -0.3 is 10.4 Å². The summed E-state index contributed by atoms with van der Waals surface area (Å²) >= 11 is 6.25. The molecule has 0 heterocycles. The number of aliphatic hydroxyl groups is 1. The fourth-order valence-electron chi connectivity index (χ4n) is 6.16. The molecule has 8 nitrogen and oxygen atoms in total. The lowest BCUT2D eigenvalue weighted by molar-refractivity contribution is -0.0577. The maximum atomic E-state index is 13.8. The summed E-state index contributed by atoms with van der Waals surface area (Å²) in [6.07, 6.45) is 1.83. The Labute approximate surface area is 235 Å². The highest BCUT2D eigenvalue weighted by Crippen LogP contribution is 2.54. The number of carbonyl (C=O) groups excluding carboxylic acids is 1. The minimum Gasteiger partial charge on any atom is -0.388 e. The van der Waals surface area contributed by atoms with Crippen LogP contribution in [0.1, 0.15) is 49.4 Å². The Kier molecular flexibility index (Phi) is 7.52. The third-order valence-corrected chi connectivity index (χ3v) is 13.0. The second kappa shape index (κ2) is 10.3. The van der Waals surface area contributed by atoms with Crippen molar-refractivity contribution in [3.8, 4) is 0 Å². The first kappa shape index (κ1) is 29.3. The highest BCUT2D eigenvalue weighted by Gasteiger charge is 2.59. The van der Waals surface area contributed by atoms with Gasteiger partial charge in [0, 0.05) is 29.9 Å². The number of hydrogen-bond donors (Lipinski definition) is 3. The molecule has 0 radical (unpaired) electrons. The zero-order valence-electron chi connectivity index (χ0n) is 21.3. The Morgan fingerprint density at radius 1 is 1.02 bits per heavy atom. The third kappa shape index (κ3) is 5.26. The van der Waals surface area contributed by atoms with Crippen molar-refractivity contribution in [2.24, 2.45) is 17.8 Å². The molecule has 3 N–H and O–H groups in total. The van der Waals surface area contributed by atoms with E-state index >= 15 is 0 Å². The fourth-order valence-corrected chi connectivity index (χ4v) is 9.96. The molecule has 5 rings (SSSR count). The van der Waals surface area contributed by atoms with Crippen molar-refractivity contribution in [2.75, 3.05) is 11.9 Å². The van der Waals surface area contributed by atoms with Crippen molar-refractivity contribution < 1.29 is 39.9 Å². The highest BCUT2D eigenvalue weighted by molar-refractivity contribution is 7.92. The maximum Gasteiger partial charge on any atom is 0.255 e. The van der Waals surface area contributed by atoms with Crippen LogP contribution in [-0.4, -0.2) is 50.5 Å². The number of amides is 1. The van der Waals surface area contributed by atoms with Crippen LogP contribution in [-0.2, 0) is 19.9 Å². The van der Waals surface area contributed by atoms with Gasteiger partial charge in [0.1, 0.15) is 0 Å². The van der Waals surface area contributed by atoms with E-state index in [1.54, 1.807) is 0 Å². The molecule has 1 amide bonds. The molecule has 2 aromatic rings. The van der Waals surface area contributed by atoms with Gasteiger partial charge in [-0.1, -0.05) is 18.5 Å². The van der Waals surface area contributed by atoms with Gasteiger partial charge in [0.2, 0.25) is 10.0 Å². The van der Waals surface area contributed by atoms with E-state index in [1.165, 1.54) is 12.1 Å². The first-order valence-corrected chi connectivity index (χ1v) is 16.3. The van der Waals surface area contributed by atoms with Crippen molar-refractivity contribution in [1.29, 1.82) is 0 Å². The minimum absolute atomic E-state index is 0.0512. The van der Waals surface area contributed by atoms with E-state index < -0.39 is 71.2 Å². The van der Waals surface area contributed by atoms with Gasteiger partial charge in [0.05, 0.1) is 26.0 Å². The first-order valence-electron chi connectivity index (χ1n) is 12.8. The van der Waals surface area contributed by atoms with Crippen molar-refractivity contribution in [1.82, 2.24) is 4.72 Å². The molecule has 0 spiro atoms. The monoisotopic (exact) mass is 620 g/mol. The molecule has 3 aliphatic rings. The van der Waals surface area contributed by atoms with Crippen LogP contribution >= 0.6 is 11.6 Å². The summed E-state index contributed by atoms with van der Waals surface area (Å²) in [7, 11) is -7.66. The Hall–Kier alpha value is -2.19. The number of carbonyl (C=O) groups is 1. The van der Waals surface area contributed by atoms with Crippen molar-refractivity contribution in [2.45, 2.75) is 60.0 Å². The van der Waals surface area contributed by atoms with Crippen LogP contribution in [0.3, 0.4) is 0 Å². The van der Waals surface area contributed by atoms with Crippen LogP contribution in [0, 0.1) is 35.2 Å². The van der Waals surface area contributed by atoms with E-state index in [4.69, 9.17) is 11.6 Å². The normalized spacial score (nSPS) is 28.4. The van der Waals surface area contributed by atoms with E-state index in [-0.39, 0.29) is 46.5 Å². The summed E-state index contributed by atoms with van der Waals surface area (Å²) in [6, 6.07) is 4.71. The van der Waals surface area contributed by atoms with Gasteiger partial charge in [-0.05, 0) is 68.1 Å². The first-order chi connectivity index (χ1) is 18.6. The number of fused-ring (bicyclic) bond motifs is 2. The number of nitrogens with one attached hydrogen (secondary N) is 2. The van der Waals surface area contributed by atoms with Crippen LogP contribution in [0.2, 0.25) is 5.02 Å². The van der Waals surface area contributed by atoms with Crippen LogP contribution in [0.4, 0.5) is 18.9 Å². The summed E-state index contributed by atoms with van der Waals surface area (Å²) in [5, 5.41) is 12.2. The number of rotatable bonds is 8. The molecule has 1 unspecified atom stereocenters. The lowest BCUT2D eigenvalue weighted by atomic mass is 9.73. The molecule has 3 fully saturated rings. The van der Waals surface area contributed by atoms with E-state index in [0.29, 0.717) is 31.4 Å². The quantitative estimate of drug-likeness (QED) is 0.382. The largest absolute Gasteiger partial charge is 0.388 e. The summed E-state index contributed by atoms with van der Waals surface area (Å²) in [4.78, 5) is 12.4. The SMILES string of the molecule is C[C@H]1CC2C[C@@H](S(=O)(=O)c3cc(C(=O)Nc4cc(F)c(F)c(F)c4)ccc3Cl)C[C@H]1[C@@]2(O)CNS(=O)(=O)C1CC1. The summed E-state index contributed by atoms with van der Waals surface area (Å²) in [6.45, 7) is 1.72. The molecule has 40 heavy (non-hydrogen) atoms. The second-order valence-corrected chi connectivity index (χ2v) is 15.7. The van der Waals surface area contributed by atoms with Crippen LogP contribution in [0.15, 0.2) is 35.2 Å². The molecule has 0 aliphatic heterocycles. The average molecular weight is 621 g/mol. The van der Waals surface area contributed by atoms with Gasteiger partial charge >= 0.3 is 0 Å². The zero-order valence-corrected chi connectivity index (χ0v) is 23.7. The van der Waals surface area contributed by atoms with Crippen molar-refractivity contribution in [3.63, 3.8) is 0 Å². The molecule has 3 saturated carbocycles. The Morgan fingerprint density at radius 3 is 2.27 bits per heavy atom.